The number of hydrogen-bond donors (Lipinski definition) is 2. The Kier molecular flexibility index (Phi) is 11.1. The van der Waals surface area contributed by atoms with Gasteiger partial charge in [0.15, 0.2) is 5.96 Å². The Morgan fingerprint density at radius 3 is 2.70 bits per heavy atom. The number of nitrogens with one attached hydrogen (secondary N) is 2. The fourth-order valence-corrected chi connectivity index (χ4v) is 2.71. The van der Waals surface area contributed by atoms with Gasteiger partial charge in [-0.25, -0.2) is 0 Å². The van der Waals surface area contributed by atoms with E-state index in [-0.39, 0.29) is 24.0 Å². The molecule has 23 heavy (non-hydrogen) atoms. The first kappa shape index (κ1) is 20.2. The predicted octanol–water partition coefficient (Wildman–Crippen LogP) is 1.93. The third kappa shape index (κ3) is 8.55. The van der Waals surface area contributed by atoms with Gasteiger partial charge in [-0.3, -0.25) is 9.67 Å². The SMILES string of the molecule is CCNC(=NCCCn1cccn1)NCCN1CCCCC1.I. The molecule has 1 aromatic heterocycles. The zero-order chi connectivity index (χ0) is 15.5. The molecule has 0 bridgehead atoms. The fraction of sp³-hybridized carbons (Fsp3) is 0.750. The molecule has 1 fully saturated rings. The number of nitrogens with zero attached hydrogens (tertiary/aromatic N) is 4. The second kappa shape index (κ2) is 12.6. The molecule has 1 aromatic rings. The van der Waals surface area contributed by atoms with Crippen molar-refractivity contribution in [3.8, 4) is 0 Å². The summed E-state index contributed by atoms with van der Waals surface area (Å²) in [5, 5.41) is 11.0. The van der Waals surface area contributed by atoms with Crippen LogP contribution in [0.2, 0.25) is 0 Å². The summed E-state index contributed by atoms with van der Waals surface area (Å²) >= 11 is 0. The van der Waals surface area contributed by atoms with Crippen LogP contribution in [-0.4, -0.2) is 59.9 Å². The van der Waals surface area contributed by atoms with Gasteiger partial charge in [0.05, 0.1) is 0 Å². The van der Waals surface area contributed by atoms with Crippen LogP contribution >= 0.6 is 24.0 Å². The van der Waals surface area contributed by atoms with Crippen molar-refractivity contribution in [1.29, 1.82) is 0 Å². The molecule has 0 radical (unpaired) electrons. The molecule has 0 aliphatic carbocycles. The summed E-state index contributed by atoms with van der Waals surface area (Å²) < 4.78 is 1.95. The van der Waals surface area contributed by atoms with Crippen molar-refractivity contribution in [2.75, 3.05) is 39.3 Å². The molecular formula is C16H31IN6. The molecule has 1 aliphatic heterocycles. The quantitative estimate of drug-likeness (QED) is 0.284. The number of guanidine groups is 1. The van der Waals surface area contributed by atoms with Gasteiger partial charge in [0, 0.05) is 45.1 Å². The fourth-order valence-electron chi connectivity index (χ4n) is 2.71. The molecule has 132 valence electrons. The third-order valence-corrected chi connectivity index (χ3v) is 3.89. The maximum absolute atomic E-state index is 4.63. The molecule has 0 amide bonds. The van der Waals surface area contributed by atoms with E-state index in [4.69, 9.17) is 0 Å². The van der Waals surface area contributed by atoms with Gasteiger partial charge in [0.25, 0.3) is 0 Å². The summed E-state index contributed by atoms with van der Waals surface area (Å²) in [6, 6.07) is 1.95. The maximum atomic E-state index is 4.63. The zero-order valence-corrected chi connectivity index (χ0v) is 16.5. The number of piperidine rings is 1. The van der Waals surface area contributed by atoms with Crippen molar-refractivity contribution in [2.24, 2.45) is 4.99 Å². The van der Waals surface area contributed by atoms with E-state index in [1.165, 1.54) is 32.4 Å². The van der Waals surface area contributed by atoms with Crippen molar-refractivity contribution in [1.82, 2.24) is 25.3 Å². The van der Waals surface area contributed by atoms with Crippen LogP contribution < -0.4 is 10.6 Å². The minimum Gasteiger partial charge on any atom is -0.357 e. The number of hydrogen-bond acceptors (Lipinski definition) is 3. The Bertz CT molecular complexity index is 414. The molecule has 7 heteroatoms. The second-order valence-corrected chi connectivity index (χ2v) is 5.71. The van der Waals surface area contributed by atoms with Gasteiger partial charge in [-0.15, -0.1) is 24.0 Å². The normalized spacial score (nSPS) is 16.0. The lowest BCUT2D eigenvalue weighted by Gasteiger charge is -2.26. The molecule has 2 heterocycles. The average molecular weight is 434 g/mol. The first-order valence-corrected chi connectivity index (χ1v) is 8.60. The topological polar surface area (TPSA) is 57.5 Å². The highest BCUT2D eigenvalue weighted by atomic mass is 127. The molecule has 1 saturated heterocycles. The van der Waals surface area contributed by atoms with E-state index in [0.29, 0.717) is 0 Å². The van der Waals surface area contributed by atoms with E-state index in [1.54, 1.807) is 0 Å². The van der Waals surface area contributed by atoms with E-state index in [9.17, 15) is 0 Å². The largest absolute Gasteiger partial charge is 0.357 e. The van der Waals surface area contributed by atoms with Gasteiger partial charge in [0.2, 0.25) is 0 Å². The molecule has 0 aromatic carbocycles. The molecule has 6 nitrogen and oxygen atoms in total. The van der Waals surface area contributed by atoms with E-state index < -0.39 is 0 Å². The van der Waals surface area contributed by atoms with Crippen LogP contribution in [0.4, 0.5) is 0 Å². The number of aromatic nitrogens is 2. The van der Waals surface area contributed by atoms with Crippen molar-refractivity contribution in [2.45, 2.75) is 39.2 Å². The highest BCUT2D eigenvalue weighted by molar-refractivity contribution is 14.0. The molecule has 0 atom stereocenters. The molecule has 1 aliphatic rings. The van der Waals surface area contributed by atoms with E-state index in [1.807, 2.05) is 23.1 Å². The van der Waals surface area contributed by atoms with Gasteiger partial charge in [0.1, 0.15) is 0 Å². The summed E-state index contributed by atoms with van der Waals surface area (Å²) in [5.74, 6) is 0.931. The predicted molar refractivity (Wildman–Crippen MR) is 107 cm³/mol. The molecule has 0 spiro atoms. The Hall–Kier alpha value is -0.830. The van der Waals surface area contributed by atoms with Gasteiger partial charge < -0.3 is 15.5 Å². The van der Waals surface area contributed by atoms with Crippen LogP contribution in [0, 0.1) is 0 Å². The average Bonchev–Trinajstić information content (AvgIpc) is 3.06. The summed E-state index contributed by atoms with van der Waals surface area (Å²) in [6.45, 7) is 9.31. The van der Waals surface area contributed by atoms with Gasteiger partial charge in [-0.05, 0) is 45.3 Å². The van der Waals surface area contributed by atoms with E-state index in [0.717, 1.165) is 45.1 Å². The van der Waals surface area contributed by atoms with Crippen molar-refractivity contribution < 1.29 is 0 Å². The van der Waals surface area contributed by atoms with Crippen molar-refractivity contribution in [3.05, 3.63) is 18.5 Å². The van der Waals surface area contributed by atoms with Gasteiger partial charge >= 0.3 is 0 Å². The lowest BCUT2D eigenvalue weighted by Crippen LogP contribution is -2.42. The first-order valence-electron chi connectivity index (χ1n) is 8.60. The van der Waals surface area contributed by atoms with Crippen LogP contribution in [0.25, 0.3) is 0 Å². The van der Waals surface area contributed by atoms with Crippen LogP contribution in [0.5, 0.6) is 0 Å². The number of halogens is 1. The summed E-state index contributed by atoms with van der Waals surface area (Å²) in [5.41, 5.74) is 0. The number of aliphatic imine (C=N–C) groups is 1. The highest BCUT2D eigenvalue weighted by Crippen LogP contribution is 2.07. The lowest BCUT2D eigenvalue weighted by molar-refractivity contribution is 0.232. The number of likely N-dealkylation sites (tertiary alicyclic amines) is 1. The molecule has 0 saturated carbocycles. The molecule has 2 rings (SSSR count). The van der Waals surface area contributed by atoms with Crippen molar-refractivity contribution >= 4 is 29.9 Å². The van der Waals surface area contributed by atoms with E-state index >= 15 is 0 Å². The standard InChI is InChI=1S/C16H30N6.HI/c1-2-17-16(18-8-6-13-22-14-7-9-20-22)19-10-15-21-11-4-3-5-12-21;/h7,9,14H,2-6,8,10-13,15H2,1H3,(H2,17,18,19);1H. The summed E-state index contributed by atoms with van der Waals surface area (Å²) in [7, 11) is 0. The van der Waals surface area contributed by atoms with Crippen LogP contribution in [0.1, 0.15) is 32.6 Å². The Balaban J connectivity index is 0.00000264. The highest BCUT2D eigenvalue weighted by Gasteiger charge is 2.09. The van der Waals surface area contributed by atoms with Gasteiger partial charge in [-0.1, -0.05) is 6.42 Å². The first-order chi connectivity index (χ1) is 10.9. The van der Waals surface area contributed by atoms with Crippen LogP contribution in [0.3, 0.4) is 0 Å². The summed E-state index contributed by atoms with van der Waals surface area (Å²) in [4.78, 5) is 7.17. The lowest BCUT2D eigenvalue weighted by atomic mass is 10.1. The number of aryl methyl sites for hydroxylation is 1. The Morgan fingerprint density at radius 2 is 2.00 bits per heavy atom. The Labute approximate surface area is 157 Å². The smallest absolute Gasteiger partial charge is 0.191 e. The second-order valence-electron chi connectivity index (χ2n) is 5.71. The van der Waals surface area contributed by atoms with Gasteiger partial charge in [-0.2, -0.15) is 5.10 Å². The molecule has 0 unspecified atom stereocenters. The summed E-state index contributed by atoms with van der Waals surface area (Å²) in [6.07, 6.45) is 8.90. The van der Waals surface area contributed by atoms with E-state index in [2.05, 4.69) is 32.5 Å². The Morgan fingerprint density at radius 1 is 1.17 bits per heavy atom. The van der Waals surface area contributed by atoms with Crippen LogP contribution in [0.15, 0.2) is 23.5 Å². The molecule has 2 N–H and O–H groups in total. The van der Waals surface area contributed by atoms with Crippen molar-refractivity contribution in [3.63, 3.8) is 0 Å². The van der Waals surface area contributed by atoms with Crippen LogP contribution in [-0.2, 0) is 6.54 Å². The maximum Gasteiger partial charge on any atom is 0.191 e. The minimum atomic E-state index is 0. The zero-order valence-electron chi connectivity index (χ0n) is 14.2. The monoisotopic (exact) mass is 434 g/mol. The minimum absolute atomic E-state index is 0. The number of rotatable bonds is 8. The molecular weight excluding hydrogens is 403 g/mol. The third-order valence-electron chi connectivity index (χ3n) is 3.89.